The Morgan fingerprint density at radius 2 is 2.44 bits per heavy atom. The highest BCUT2D eigenvalue weighted by Crippen LogP contribution is 2.33. The molecule has 0 fully saturated rings. The van der Waals surface area contributed by atoms with Gasteiger partial charge in [0.15, 0.2) is 6.61 Å². The normalized spacial score (nSPS) is 13.8. The largest absolute Gasteiger partial charge is 0.482 e. The molecule has 0 atom stereocenters. The minimum Gasteiger partial charge on any atom is -0.482 e. The molecule has 1 aromatic rings. The molecular formula is C11H11N3O2. The van der Waals surface area contributed by atoms with Gasteiger partial charge in [0.1, 0.15) is 12.3 Å². The Kier molecular flexibility index (Phi) is 2.64. The molecule has 0 unspecified atom stereocenters. The van der Waals surface area contributed by atoms with Gasteiger partial charge in [-0.1, -0.05) is 0 Å². The molecule has 82 valence electrons. The van der Waals surface area contributed by atoms with Gasteiger partial charge in [-0.3, -0.25) is 4.79 Å². The first kappa shape index (κ1) is 10.3. The van der Waals surface area contributed by atoms with E-state index in [0.29, 0.717) is 5.75 Å². The number of nitrogens with one attached hydrogen (secondary N) is 1. The van der Waals surface area contributed by atoms with Crippen molar-refractivity contribution < 1.29 is 9.53 Å². The summed E-state index contributed by atoms with van der Waals surface area (Å²) in [5, 5.41) is 11.4. The number of ether oxygens (including phenoxy) is 1. The van der Waals surface area contributed by atoms with Gasteiger partial charge in [-0.15, -0.1) is 0 Å². The van der Waals surface area contributed by atoms with E-state index in [1.54, 1.807) is 24.1 Å². The number of likely N-dealkylation sites (N-methyl/N-ethyl adjacent to an activating group) is 1. The van der Waals surface area contributed by atoms with E-state index in [1.807, 2.05) is 12.1 Å². The Labute approximate surface area is 93.2 Å². The number of rotatable bonds is 2. The highest BCUT2D eigenvalue weighted by atomic mass is 16.5. The first-order chi connectivity index (χ1) is 7.72. The molecule has 5 nitrogen and oxygen atoms in total. The van der Waals surface area contributed by atoms with Gasteiger partial charge in [-0.2, -0.15) is 5.26 Å². The lowest BCUT2D eigenvalue weighted by Gasteiger charge is -2.26. The molecule has 16 heavy (non-hydrogen) atoms. The van der Waals surface area contributed by atoms with E-state index < -0.39 is 0 Å². The summed E-state index contributed by atoms with van der Waals surface area (Å²) in [6.45, 7) is 0.311. The standard InChI is InChI=1S/C11H11N3O2/c1-14-9-6-8(13-5-4-12)2-3-10(9)16-7-11(14)15/h2-3,6,13H,5,7H2,1H3. The SMILES string of the molecule is CN1C(=O)COc2ccc(NCC#N)cc21. The van der Waals surface area contributed by atoms with Gasteiger partial charge in [0.25, 0.3) is 5.91 Å². The van der Waals surface area contributed by atoms with Gasteiger partial charge in [-0.25, -0.2) is 0 Å². The summed E-state index contributed by atoms with van der Waals surface area (Å²) in [6, 6.07) is 7.40. The Bertz CT molecular complexity index is 465. The first-order valence-electron chi connectivity index (χ1n) is 4.86. The van der Waals surface area contributed by atoms with Gasteiger partial charge in [0.2, 0.25) is 0 Å². The smallest absolute Gasteiger partial charge is 0.264 e. The molecule has 0 saturated carbocycles. The third-order valence-corrected chi connectivity index (χ3v) is 2.42. The molecule has 0 aromatic heterocycles. The van der Waals surface area contributed by atoms with Crippen LogP contribution in [0.25, 0.3) is 0 Å². The number of amides is 1. The summed E-state index contributed by atoms with van der Waals surface area (Å²) in [6.07, 6.45) is 0. The maximum Gasteiger partial charge on any atom is 0.264 e. The third-order valence-electron chi connectivity index (χ3n) is 2.42. The number of anilines is 2. The van der Waals surface area contributed by atoms with Crippen molar-refractivity contribution in [2.45, 2.75) is 0 Å². The van der Waals surface area contributed by atoms with Crippen molar-refractivity contribution in [3.05, 3.63) is 18.2 Å². The molecule has 1 aromatic carbocycles. The molecule has 0 bridgehead atoms. The lowest BCUT2D eigenvalue weighted by Crippen LogP contribution is -2.35. The minimum absolute atomic E-state index is 0.0778. The lowest BCUT2D eigenvalue weighted by molar-refractivity contribution is -0.120. The number of hydrogen-bond donors (Lipinski definition) is 1. The average Bonchev–Trinajstić information content (AvgIpc) is 2.31. The van der Waals surface area contributed by atoms with E-state index in [9.17, 15) is 4.79 Å². The average molecular weight is 217 g/mol. The molecule has 1 heterocycles. The molecule has 0 aliphatic carbocycles. The first-order valence-corrected chi connectivity index (χ1v) is 4.86. The van der Waals surface area contributed by atoms with Crippen molar-refractivity contribution in [3.63, 3.8) is 0 Å². The minimum atomic E-state index is -0.0788. The molecule has 1 aliphatic rings. The Hall–Kier alpha value is -2.22. The van der Waals surface area contributed by atoms with E-state index >= 15 is 0 Å². The highest BCUT2D eigenvalue weighted by Gasteiger charge is 2.22. The summed E-state index contributed by atoms with van der Waals surface area (Å²) < 4.78 is 5.28. The number of nitrogens with zero attached hydrogens (tertiary/aromatic N) is 2. The number of carbonyl (C=O) groups is 1. The zero-order valence-electron chi connectivity index (χ0n) is 8.86. The van der Waals surface area contributed by atoms with Crippen molar-refractivity contribution in [2.24, 2.45) is 0 Å². The van der Waals surface area contributed by atoms with Crippen LogP contribution in [0, 0.1) is 11.3 Å². The number of carbonyl (C=O) groups excluding carboxylic acids is 1. The molecule has 1 aliphatic heterocycles. The molecular weight excluding hydrogens is 206 g/mol. The zero-order chi connectivity index (χ0) is 11.5. The molecule has 0 saturated heterocycles. The van der Waals surface area contributed by atoms with Crippen LogP contribution in [0.4, 0.5) is 11.4 Å². The van der Waals surface area contributed by atoms with Crippen molar-refractivity contribution in [1.82, 2.24) is 0 Å². The third kappa shape index (κ3) is 1.77. The number of fused-ring (bicyclic) bond motifs is 1. The second-order valence-corrected chi connectivity index (χ2v) is 3.44. The molecule has 0 spiro atoms. The van der Waals surface area contributed by atoms with Gasteiger partial charge in [-0.05, 0) is 18.2 Å². The van der Waals surface area contributed by atoms with Crippen molar-refractivity contribution >= 4 is 17.3 Å². The molecule has 1 amide bonds. The van der Waals surface area contributed by atoms with E-state index in [-0.39, 0.29) is 19.1 Å². The van der Waals surface area contributed by atoms with Crippen LogP contribution in [0.5, 0.6) is 5.75 Å². The van der Waals surface area contributed by atoms with Crippen LogP contribution in [0.2, 0.25) is 0 Å². The Morgan fingerprint density at radius 1 is 1.62 bits per heavy atom. The van der Waals surface area contributed by atoms with Crippen LogP contribution < -0.4 is 15.0 Å². The van der Waals surface area contributed by atoms with Crippen LogP contribution in [0.1, 0.15) is 0 Å². The molecule has 2 rings (SSSR count). The number of hydrogen-bond acceptors (Lipinski definition) is 4. The van der Waals surface area contributed by atoms with Crippen LogP contribution in [-0.2, 0) is 4.79 Å². The van der Waals surface area contributed by atoms with Gasteiger partial charge >= 0.3 is 0 Å². The van der Waals surface area contributed by atoms with Crippen molar-refractivity contribution in [2.75, 3.05) is 30.4 Å². The van der Waals surface area contributed by atoms with Crippen LogP contribution >= 0.6 is 0 Å². The fourth-order valence-electron chi connectivity index (χ4n) is 1.52. The summed E-state index contributed by atoms with van der Waals surface area (Å²) >= 11 is 0. The van der Waals surface area contributed by atoms with Crippen LogP contribution in [-0.4, -0.2) is 26.1 Å². The summed E-state index contributed by atoms with van der Waals surface area (Å²) in [5.74, 6) is 0.606. The molecule has 5 heteroatoms. The second kappa shape index (κ2) is 4.11. The predicted octanol–water partition coefficient (Wildman–Crippen LogP) is 0.977. The maximum atomic E-state index is 11.4. The summed E-state index contributed by atoms with van der Waals surface area (Å²) in [4.78, 5) is 13.0. The number of nitriles is 1. The summed E-state index contributed by atoms with van der Waals surface area (Å²) in [5.41, 5.74) is 1.52. The van der Waals surface area contributed by atoms with E-state index in [0.717, 1.165) is 11.4 Å². The predicted molar refractivity (Wildman–Crippen MR) is 59.4 cm³/mol. The Morgan fingerprint density at radius 3 is 3.19 bits per heavy atom. The monoisotopic (exact) mass is 217 g/mol. The molecule has 0 radical (unpaired) electrons. The van der Waals surface area contributed by atoms with Crippen LogP contribution in [0.3, 0.4) is 0 Å². The number of benzene rings is 1. The zero-order valence-corrected chi connectivity index (χ0v) is 8.86. The topological polar surface area (TPSA) is 65.4 Å². The lowest BCUT2D eigenvalue weighted by atomic mass is 10.2. The van der Waals surface area contributed by atoms with Crippen LogP contribution in [0.15, 0.2) is 18.2 Å². The fraction of sp³-hybridized carbons (Fsp3) is 0.273. The summed E-state index contributed by atoms with van der Waals surface area (Å²) in [7, 11) is 1.71. The molecule has 1 N–H and O–H groups in total. The van der Waals surface area contributed by atoms with E-state index in [1.165, 1.54) is 0 Å². The fourth-order valence-corrected chi connectivity index (χ4v) is 1.52. The van der Waals surface area contributed by atoms with Gasteiger partial charge in [0, 0.05) is 12.7 Å². The second-order valence-electron chi connectivity index (χ2n) is 3.44. The quantitative estimate of drug-likeness (QED) is 0.750. The van der Waals surface area contributed by atoms with Gasteiger partial charge < -0.3 is 15.0 Å². The van der Waals surface area contributed by atoms with Gasteiger partial charge in [0.05, 0.1) is 11.8 Å². The maximum absolute atomic E-state index is 11.4. The van der Waals surface area contributed by atoms with Crippen molar-refractivity contribution in [3.8, 4) is 11.8 Å². The van der Waals surface area contributed by atoms with Crippen molar-refractivity contribution in [1.29, 1.82) is 5.26 Å². The highest BCUT2D eigenvalue weighted by molar-refractivity contribution is 5.97. The van der Waals surface area contributed by atoms with E-state index in [4.69, 9.17) is 10.00 Å². The van der Waals surface area contributed by atoms with E-state index in [2.05, 4.69) is 5.32 Å². The Balaban J connectivity index is 2.30.